The molecule has 0 atom stereocenters. The number of methoxy groups -OCH3 is 6. The predicted octanol–water partition coefficient (Wildman–Crippen LogP) is 15.4. The summed E-state index contributed by atoms with van der Waals surface area (Å²) < 4.78 is 50.5. The predicted molar refractivity (Wildman–Crippen MR) is 456 cm³/mol. The lowest BCUT2D eigenvalue weighted by atomic mass is 10.1. The van der Waals surface area contributed by atoms with E-state index in [1.807, 2.05) is 93.9 Å². The zero-order valence-corrected chi connectivity index (χ0v) is 70.5. The molecule has 0 bridgehead atoms. The number of ether oxygens (including phenoxy) is 7. The van der Waals surface area contributed by atoms with Gasteiger partial charge in [0.2, 0.25) is 35.4 Å². The van der Waals surface area contributed by atoms with E-state index in [2.05, 4.69) is 53.8 Å². The number of rotatable bonds is 11. The van der Waals surface area contributed by atoms with Crippen molar-refractivity contribution in [1.82, 2.24) is 9.80 Å². The van der Waals surface area contributed by atoms with Crippen LogP contribution in [0.3, 0.4) is 0 Å². The molecule has 6 N–H and O–H groups in total. The maximum atomic E-state index is 13.4. The van der Waals surface area contributed by atoms with Crippen molar-refractivity contribution < 1.29 is 71.1 Å². The van der Waals surface area contributed by atoms with E-state index >= 15 is 0 Å². The largest absolute Gasteiger partial charge is 0.495 e. The molecule has 6 aromatic rings. The Balaban J connectivity index is 0.000000160. The van der Waals surface area contributed by atoms with Gasteiger partial charge in [-0.15, -0.1) is 11.8 Å². The summed E-state index contributed by atoms with van der Waals surface area (Å²) in [6, 6.07) is 24.2. The van der Waals surface area contributed by atoms with E-state index in [0.29, 0.717) is 103 Å². The van der Waals surface area contributed by atoms with Crippen LogP contribution in [0.4, 0.5) is 60.4 Å². The molecule has 8 aliphatic rings. The lowest BCUT2D eigenvalue weighted by Gasteiger charge is -2.37. The van der Waals surface area contributed by atoms with Gasteiger partial charge in [-0.2, -0.15) is 5.26 Å². The highest BCUT2D eigenvalue weighted by Crippen LogP contribution is 2.42. The molecule has 8 aliphatic heterocycles. The maximum absolute atomic E-state index is 13.4. The average molecular weight is 1660 g/mol. The minimum absolute atomic E-state index is 0.0255. The number of thiocarbonyl (C=S) groups is 1. The number of carbonyl (C=O) groups excluding carboxylic acids is 7. The van der Waals surface area contributed by atoms with Gasteiger partial charge < -0.3 is 84.7 Å². The molecule has 14 rings (SSSR count). The third-order valence-electron chi connectivity index (χ3n) is 20.0. The zero-order valence-electron chi connectivity index (χ0n) is 67.4. The molecular weight excluding hydrogens is 1560 g/mol. The van der Waals surface area contributed by atoms with Gasteiger partial charge in [0.05, 0.1) is 87.4 Å². The van der Waals surface area contributed by atoms with Crippen LogP contribution in [-0.2, 0) is 72.0 Å². The molecular formula is C84H105Cl2FN12O14S2. The molecule has 0 saturated carbocycles. The number of piperazine rings is 1. The third-order valence-corrected chi connectivity index (χ3v) is 22.0. The molecule has 0 radical (unpaired) electrons. The van der Waals surface area contributed by atoms with Gasteiger partial charge >= 0.3 is 6.09 Å². The van der Waals surface area contributed by atoms with Crippen molar-refractivity contribution in [2.75, 3.05) is 154 Å². The Labute approximate surface area is 692 Å². The lowest BCUT2D eigenvalue weighted by Crippen LogP contribution is -2.50. The molecule has 7 amide bonds. The lowest BCUT2D eigenvalue weighted by molar-refractivity contribution is -0.119. The summed E-state index contributed by atoms with van der Waals surface area (Å²) in [6.07, 6.45) is 13.0. The minimum Gasteiger partial charge on any atom is -0.495 e. The summed E-state index contributed by atoms with van der Waals surface area (Å²) in [5.41, 5.74) is 13.7. The first-order valence-electron chi connectivity index (χ1n) is 38.6. The van der Waals surface area contributed by atoms with Crippen molar-refractivity contribution in [1.29, 1.82) is 5.26 Å². The van der Waals surface area contributed by atoms with Gasteiger partial charge in [0.1, 0.15) is 40.9 Å². The van der Waals surface area contributed by atoms with E-state index < -0.39 is 5.60 Å². The highest BCUT2D eigenvalue weighted by Gasteiger charge is 2.30. The average Bonchev–Trinajstić information content (AvgIpc) is 1.83. The number of aryl methyl sites for hydroxylation is 6. The first kappa shape index (κ1) is 88.8. The number of nitriles is 1. The SMILES string of the molecule is CCN(C)C(=S)Nc1cc2c(cc1OC)NC(=O)CCC2.COc1cc2c(cc1Cl)CCCC(=O)N2.COc1cc2c(cc1Cl)CCCC(=O)N2CC#N.COc1cc2c(cc1F)CCCC(=O)N2.COc1cc2c(cc1N1CCN(C(=O)OC(C)(C)C)CC1)CCCC(=O)N2.COc1cc2c(cc1N1CCSC1)CCCC(=O)N2. The number of halogens is 3. The normalized spacial score (nSPS) is 16.0. The Hall–Kier alpha value is -10.2. The van der Waals surface area contributed by atoms with Crippen LogP contribution < -0.4 is 75.0 Å². The van der Waals surface area contributed by atoms with E-state index in [9.17, 15) is 38.0 Å². The number of fused-ring (bicyclic) bond motifs is 6. The Morgan fingerprint density at radius 2 is 0.904 bits per heavy atom. The van der Waals surface area contributed by atoms with Gasteiger partial charge in [-0.25, -0.2) is 9.18 Å². The molecule has 0 unspecified atom stereocenters. The van der Waals surface area contributed by atoms with Crippen molar-refractivity contribution in [3.63, 3.8) is 0 Å². The number of carbonyl (C=O) groups is 7. The number of thioether (sulfide) groups is 1. The highest BCUT2D eigenvalue weighted by molar-refractivity contribution is 7.99. The molecule has 2 saturated heterocycles. The fraction of sp³-hybridized carbons (Fsp3) is 0.464. The quantitative estimate of drug-likeness (QED) is 0.0519. The summed E-state index contributed by atoms with van der Waals surface area (Å²) in [5, 5.41) is 28.3. The summed E-state index contributed by atoms with van der Waals surface area (Å²) in [7, 11) is 11.4. The number of hydrogen-bond donors (Lipinski definition) is 6. The molecule has 115 heavy (non-hydrogen) atoms. The highest BCUT2D eigenvalue weighted by atomic mass is 35.5. The van der Waals surface area contributed by atoms with Crippen LogP contribution in [0.25, 0.3) is 0 Å². The van der Waals surface area contributed by atoms with Gasteiger partial charge in [0, 0.05) is 155 Å². The summed E-state index contributed by atoms with van der Waals surface area (Å²) >= 11 is 19.4. The Bertz CT molecular complexity index is 4490. The van der Waals surface area contributed by atoms with Crippen molar-refractivity contribution >= 4 is 145 Å². The molecule has 0 aromatic heterocycles. The van der Waals surface area contributed by atoms with Gasteiger partial charge in [0.25, 0.3) is 0 Å². The second kappa shape index (κ2) is 42.5. The number of anilines is 9. The number of amides is 7. The monoisotopic (exact) mass is 1660 g/mol. The first-order valence-corrected chi connectivity index (χ1v) is 41.0. The third kappa shape index (κ3) is 24.7. The Morgan fingerprint density at radius 1 is 0.513 bits per heavy atom. The van der Waals surface area contributed by atoms with Crippen LogP contribution in [0.1, 0.15) is 138 Å². The second-order valence-corrected chi connectivity index (χ2v) is 31.5. The number of nitrogens with one attached hydrogen (secondary N) is 6. The van der Waals surface area contributed by atoms with E-state index in [1.54, 1.807) is 45.5 Å². The first-order chi connectivity index (χ1) is 55.2. The van der Waals surface area contributed by atoms with Crippen LogP contribution in [0.2, 0.25) is 10.0 Å². The van der Waals surface area contributed by atoms with Crippen LogP contribution in [-0.4, -0.2) is 169 Å². The van der Waals surface area contributed by atoms with Crippen LogP contribution in [0.15, 0.2) is 72.8 Å². The summed E-state index contributed by atoms with van der Waals surface area (Å²) in [4.78, 5) is 91.7. The molecule has 31 heteroatoms. The second-order valence-electron chi connectivity index (χ2n) is 29.2. The zero-order chi connectivity index (χ0) is 83.0. The number of benzene rings is 6. The molecule has 6 aromatic carbocycles. The van der Waals surface area contributed by atoms with Crippen LogP contribution in [0, 0.1) is 17.1 Å². The van der Waals surface area contributed by atoms with Crippen molar-refractivity contribution in [2.24, 2.45) is 0 Å². The fourth-order valence-electron chi connectivity index (χ4n) is 13.9. The molecule has 618 valence electrons. The molecule has 0 spiro atoms. The Kier molecular flexibility index (Phi) is 32.8. The number of hydrogen-bond acceptors (Lipinski definition) is 19. The topological polar surface area (TPSA) is 296 Å². The van der Waals surface area contributed by atoms with Gasteiger partial charge in [-0.05, 0) is 187 Å². The van der Waals surface area contributed by atoms with E-state index in [1.165, 1.54) is 36.8 Å². The smallest absolute Gasteiger partial charge is 0.410 e. The van der Waals surface area contributed by atoms with Crippen LogP contribution >= 0.6 is 47.2 Å². The van der Waals surface area contributed by atoms with Gasteiger partial charge in [0.15, 0.2) is 16.7 Å². The Morgan fingerprint density at radius 3 is 1.34 bits per heavy atom. The van der Waals surface area contributed by atoms with E-state index in [0.717, 1.165) is 187 Å². The minimum atomic E-state index is -0.487. The van der Waals surface area contributed by atoms with Crippen molar-refractivity contribution in [2.45, 2.75) is 149 Å². The number of nitrogens with zero attached hydrogens (tertiary/aromatic N) is 6. The van der Waals surface area contributed by atoms with Gasteiger partial charge in [-0.1, -0.05) is 23.2 Å². The summed E-state index contributed by atoms with van der Waals surface area (Å²) in [5.74, 6) is 5.54. The van der Waals surface area contributed by atoms with Gasteiger partial charge in [-0.3, -0.25) is 33.7 Å². The molecule has 0 aliphatic carbocycles. The summed E-state index contributed by atoms with van der Waals surface area (Å²) in [6.45, 7) is 12.2. The van der Waals surface area contributed by atoms with Crippen LogP contribution in [0.5, 0.6) is 34.5 Å². The molecule has 8 heterocycles. The fourth-order valence-corrected chi connectivity index (χ4v) is 15.6. The standard InChI is InChI=1S/C20H29N3O4.C15H21N3O2S.C14H18N2O2S.C13H13ClN2O2.C11H12ClNO2.C11H12FNO2/c1-20(2,3)27-19(25)23-10-8-22(9-11-23)16-12-14-6-5-7-18(24)21-15(14)13-17(16)26-4;1-4-18(2)15(21)17-12-8-10-6-5-7-14(19)16-11(10)9-13(12)20-3;1-18-13-8-11-10(3-2-4-14(17)15-11)7-12(13)16-5-6-19-9-16;1-18-12-8-11-9(7-10(12)14)3-2-4-13(17)16(11)6-5-15;2*1-15-10-6-9-7(5-8(10)12)3-2-4-11(14)13-9/h12-13H,5-11H2,1-4H3,(H,21,24);8-9H,4-7H2,1-3H3,(H,16,19)(H,17,21);7-8H,2-6,9H2,1H3,(H,15,17);7-8H,2-4,6H2,1H3;2*5-6H,2-4H2,1H3,(H,13,14). The van der Waals surface area contributed by atoms with E-state index in [4.69, 9.17) is 73.8 Å². The molecule has 2 fully saturated rings. The van der Waals surface area contributed by atoms with Crippen molar-refractivity contribution in [3.8, 4) is 40.6 Å². The van der Waals surface area contributed by atoms with E-state index in [-0.39, 0.29) is 59.6 Å². The van der Waals surface area contributed by atoms with Crippen molar-refractivity contribution in [3.05, 3.63) is 122 Å². The molecule has 26 nitrogen and oxygen atoms in total. The maximum Gasteiger partial charge on any atom is 0.410 e.